The second-order valence-electron chi connectivity index (χ2n) is 5.25. The van der Waals surface area contributed by atoms with Gasteiger partial charge in [0.1, 0.15) is 5.75 Å². The van der Waals surface area contributed by atoms with Gasteiger partial charge in [-0.25, -0.2) is 4.79 Å². The molecule has 0 radical (unpaired) electrons. The molecule has 2 heterocycles. The summed E-state index contributed by atoms with van der Waals surface area (Å²) in [7, 11) is 0. The summed E-state index contributed by atoms with van der Waals surface area (Å²) in [5.74, 6) is -0.773. The molecule has 21 heavy (non-hydrogen) atoms. The number of amides is 1. The summed E-state index contributed by atoms with van der Waals surface area (Å²) in [5.41, 5.74) is 0.645. The Morgan fingerprint density at radius 3 is 2.62 bits per heavy atom. The van der Waals surface area contributed by atoms with Gasteiger partial charge in [-0.05, 0) is 25.0 Å². The topological polar surface area (TPSA) is 76.1 Å². The molecule has 1 atom stereocenters. The molecular weight excluding hydrogens is 274 g/mol. The standard InChI is InChI=1S/C15H17NO5/c17-14(10-5-7-20-8-6-10)16-9-13(15(18)19)21-12-4-2-1-3-11(12)16/h1-4,10,13H,5-9H2,(H,18,19). The first-order valence-corrected chi connectivity index (χ1v) is 7.04. The van der Waals surface area contributed by atoms with E-state index in [1.165, 1.54) is 0 Å². The molecule has 6 nitrogen and oxygen atoms in total. The van der Waals surface area contributed by atoms with Crippen molar-refractivity contribution < 1.29 is 24.2 Å². The number of fused-ring (bicyclic) bond motifs is 1. The molecule has 1 unspecified atom stereocenters. The molecule has 1 amide bonds. The number of para-hydroxylation sites is 2. The van der Waals surface area contributed by atoms with Crippen molar-refractivity contribution in [1.29, 1.82) is 0 Å². The third-order valence-corrected chi connectivity index (χ3v) is 3.89. The maximum atomic E-state index is 12.7. The van der Waals surface area contributed by atoms with E-state index in [1.54, 1.807) is 23.1 Å². The zero-order chi connectivity index (χ0) is 14.8. The van der Waals surface area contributed by atoms with Crippen molar-refractivity contribution in [2.24, 2.45) is 5.92 Å². The lowest BCUT2D eigenvalue weighted by Crippen LogP contribution is -2.49. The van der Waals surface area contributed by atoms with Crippen LogP contribution in [0.25, 0.3) is 0 Å². The number of aliphatic carboxylic acids is 1. The third-order valence-electron chi connectivity index (χ3n) is 3.89. The predicted molar refractivity (Wildman–Crippen MR) is 74.4 cm³/mol. The number of carboxylic acids is 1. The highest BCUT2D eigenvalue weighted by Crippen LogP contribution is 2.35. The number of hydrogen-bond donors (Lipinski definition) is 1. The van der Waals surface area contributed by atoms with Gasteiger partial charge >= 0.3 is 5.97 Å². The number of benzene rings is 1. The highest BCUT2D eigenvalue weighted by atomic mass is 16.5. The number of carboxylic acid groups (broad SMARTS) is 1. The molecule has 1 aromatic rings. The average molecular weight is 291 g/mol. The van der Waals surface area contributed by atoms with Gasteiger partial charge in [0.25, 0.3) is 0 Å². The summed E-state index contributed by atoms with van der Waals surface area (Å²) >= 11 is 0. The Morgan fingerprint density at radius 2 is 1.90 bits per heavy atom. The highest BCUT2D eigenvalue weighted by Gasteiger charge is 2.36. The molecular formula is C15H17NO5. The first kappa shape index (κ1) is 13.9. The fraction of sp³-hybridized carbons (Fsp3) is 0.467. The lowest BCUT2D eigenvalue weighted by atomic mass is 9.97. The van der Waals surface area contributed by atoms with E-state index in [2.05, 4.69) is 0 Å². The number of carbonyl (C=O) groups is 2. The second kappa shape index (κ2) is 5.73. The molecule has 0 bridgehead atoms. The van der Waals surface area contributed by atoms with E-state index in [0.717, 1.165) is 0 Å². The predicted octanol–water partition coefficient (Wildman–Crippen LogP) is 1.29. The second-order valence-corrected chi connectivity index (χ2v) is 5.25. The molecule has 2 aliphatic rings. The number of anilines is 1. The molecule has 1 saturated heterocycles. The largest absolute Gasteiger partial charge is 0.478 e. The Bertz CT molecular complexity index is 553. The molecule has 0 spiro atoms. The lowest BCUT2D eigenvalue weighted by Gasteiger charge is -2.35. The van der Waals surface area contributed by atoms with Crippen LogP contribution in [0.15, 0.2) is 24.3 Å². The van der Waals surface area contributed by atoms with E-state index < -0.39 is 12.1 Å². The zero-order valence-electron chi connectivity index (χ0n) is 11.5. The van der Waals surface area contributed by atoms with Gasteiger partial charge in [0.05, 0.1) is 12.2 Å². The molecule has 1 aromatic carbocycles. The summed E-state index contributed by atoms with van der Waals surface area (Å²) < 4.78 is 10.7. The van der Waals surface area contributed by atoms with Crippen molar-refractivity contribution >= 4 is 17.6 Å². The van der Waals surface area contributed by atoms with Crippen molar-refractivity contribution in [2.75, 3.05) is 24.7 Å². The summed E-state index contributed by atoms with van der Waals surface area (Å²) in [6, 6.07) is 7.05. The van der Waals surface area contributed by atoms with Crippen LogP contribution in [0.4, 0.5) is 5.69 Å². The number of hydrogen-bond acceptors (Lipinski definition) is 4. The summed E-state index contributed by atoms with van der Waals surface area (Å²) in [6.07, 6.45) is 0.329. The summed E-state index contributed by atoms with van der Waals surface area (Å²) in [4.78, 5) is 25.5. The fourth-order valence-corrected chi connectivity index (χ4v) is 2.74. The minimum Gasteiger partial charge on any atom is -0.478 e. The van der Waals surface area contributed by atoms with Crippen molar-refractivity contribution in [2.45, 2.75) is 18.9 Å². The minimum absolute atomic E-state index is 0.0414. The van der Waals surface area contributed by atoms with Gasteiger partial charge < -0.3 is 19.5 Å². The smallest absolute Gasteiger partial charge is 0.346 e. The van der Waals surface area contributed by atoms with Crippen LogP contribution in [0, 0.1) is 5.92 Å². The maximum absolute atomic E-state index is 12.7. The van der Waals surface area contributed by atoms with E-state index in [-0.39, 0.29) is 18.4 Å². The molecule has 1 N–H and O–H groups in total. The van der Waals surface area contributed by atoms with E-state index in [4.69, 9.17) is 9.47 Å². The number of rotatable bonds is 2. The Balaban J connectivity index is 1.88. The Hall–Kier alpha value is -2.08. The van der Waals surface area contributed by atoms with E-state index in [0.29, 0.717) is 37.5 Å². The lowest BCUT2D eigenvalue weighted by molar-refractivity contribution is -0.145. The van der Waals surface area contributed by atoms with E-state index >= 15 is 0 Å². The Kier molecular flexibility index (Phi) is 3.79. The molecule has 0 aromatic heterocycles. The number of carbonyl (C=O) groups excluding carboxylic acids is 1. The van der Waals surface area contributed by atoms with Gasteiger partial charge in [0, 0.05) is 19.1 Å². The van der Waals surface area contributed by atoms with Gasteiger partial charge in [-0.2, -0.15) is 0 Å². The summed E-state index contributed by atoms with van der Waals surface area (Å²) in [5, 5.41) is 9.19. The van der Waals surface area contributed by atoms with Crippen LogP contribution in [0.3, 0.4) is 0 Å². The maximum Gasteiger partial charge on any atom is 0.346 e. The van der Waals surface area contributed by atoms with E-state index in [9.17, 15) is 14.7 Å². The van der Waals surface area contributed by atoms with Gasteiger partial charge in [0.2, 0.25) is 12.0 Å². The SMILES string of the molecule is O=C(O)C1CN(C(=O)C2CCOCC2)c2ccccc2O1. The Morgan fingerprint density at radius 1 is 1.19 bits per heavy atom. The molecule has 1 fully saturated rings. The molecule has 3 rings (SSSR count). The number of ether oxygens (including phenoxy) is 2. The van der Waals surface area contributed by atoms with Crippen LogP contribution in [-0.4, -0.2) is 42.8 Å². The van der Waals surface area contributed by atoms with Crippen LogP contribution in [-0.2, 0) is 14.3 Å². The normalized spacial score (nSPS) is 22.3. The number of nitrogens with zero attached hydrogens (tertiary/aromatic N) is 1. The van der Waals surface area contributed by atoms with Crippen LogP contribution in [0.2, 0.25) is 0 Å². The first-order chi connectivity index (χ1) is 10.2. The quantitative estimate of drug-likeness (QED) is 0.888. The van der Waals surface area contributed by atoms with Crippen LogP contribution < -0.4 is 9.64 Å². The van der Waals surface area contributed by atoms with Gasteiger partial charge in [-0.15, -0.1) is 0 Å². The van der Waals surface area contributed by atoms with Crippen molar-refractivity contribution in [3.63, 3.8) is 0 Å². The molecule has 2 aliphatic heterocycles. The fourth-order valence-electron chi connectivity index (χ4n) is 2.74. The van der Waals surface area contributed by atoms with Crippen molar-refractivity contribution in [1.82, 2.24) is 0 Å². The van der Waals surface area contributed by atoms with Crippen LogP contribution >= 0.6 is 0 Å². The minimum atomic E-state index is -1.06. The van der Waals surface area contributed by atoms with Gasteiger partial charge in [-0.1, -0.05) is 12.1 Å². The molecule has 0 aliphatic carbocycles. The molecule has 6 heteroatoms. The molecule has 0 saturated carbocycles. The van der Waals surface area contributed by atoms with Crippen molar-refractivity contribution in [3.8, 4) is 5.75 Å². The Labute approximate surface area is 122 Å². The monoisotopic (exact) mass is 291 g/mol. The summed E-state index contributed by atoms with van der Waals surface area (Å²) in [6.45, 7) is 1.19. The molecule has 112 valence electrons. The van der Waals surface area contributed by atoms with Crippen LogP contribution in [0.5, 0.6) is 5.75 Å². The van der Waals surface area contributed by atoms with Gasteiger partial charge in [-0.3, -0.25) is 4.79 Å². The van der Waals surface area contributed by atoms with E-state index in [1.807, 2.05) is 6.07 Å². The highest BCUT2D eigenvalue weighted by molar-refractivity contribution is 5.98. The average Bonchev–Trinajstić information content (AvgIpc) is 2.54. The zero-order valence-corrected chi connectivity index (χ0v) is 11.5. The first-order valence-electron chi connectivity index (χ1n) is 7.04. The van der Waals surface area contributed by atoms with Crippen LogP contribution in [0.1, 0.15) is 12.8 Å². The third kappa shape index (κ3) is 2.71. The van der Waals surface area contributed by atoms with Gasteiger partial charge in [0.15, 0.2) is 0 Å². The van der Waals surface area contributed by atoms with Crippen molar-refractivity contribution in [3.05, 3.63) is 24.3 Å².